The van der Waals surface area contributed by atoms with Crippen molar-refractivity contribution in [2.75, 3.05) is 19.0 Å². The highest BCUT2D eigenvalue weighted by Gasteiger charge is 2.31. The van der Waals surface area contributed by atoms with Gasteiger partial charge in [-0.2, -0.15) is 0 Å². The normalized spacial score (nSPS) is 20.3. The summed E-state index contributed by atoms with van der Waals surface area (Å²) in [6.07, 6.45) is 6.34. The van der Waals surface area contributed by atoms with Gasteiger partial charge in [-0.3, -0.25) is 4.79 Å². The van der Waals surface area contributed by atoms with Gasteiger partial charge in [-0.25, -0.2) is 0 Å². The van der Waals surface area contributed by atoms with E-state index in [1.807, 2.05) is 50.2 Å². The maximum absolute atomic E-state index is 12.5. The highest BCUT2D eigenvalue weighted by molar-refractivity contribution is 6.02. The minimum absolute atomic E-state index is 0.0361. The molecule has 1 atom stereocenters. The molecule has 118 valence electrons. The van der Waals surface area contributed by atoms with E-state index in [4.69, 9.17) is 4.74 Å². The van der Waals surface area contributed by atoms with Gasteiger partial charge >= 0.3 is 0 Å². The van der Waals surface area contributed by atoms with Gasteiger partial charge in [0.1, 0.15) is 23.2 Å². The molecular formula is C19H19NO3. The quantitative estimate of drug-likeness (QED) is 0.907. The van der Waals surface area contributed by atoms with Crippen molar-refractivity contribution in [1.82, 2.24) is 0 Å². The molecule has 23 heavy (non-hydrogen) atoms. The number of rotatable bonds is 2. The van der Waals surface area contributed by atoms with Crippen molar-refractivity contribution < 1.29 is 14.6 Å². The predicted octanol–water partition coefficient (Wildman–Crippen LogP) is 3.59. The molecule has 0 amide bonds. The molecule has 2 aliphatic rings. The van der Waals surface area contributed by atoms with E-state index in [1.165, 1.54) is 6.08 Å². The third kappa shape index (κ3) is 2.93. The third-order valence-electron chi connectivity index (χ3n) is 3.99. The summed E-state index contributed by atoms with van der Waals surface area (Å²) in [5, 5.41) is 9.71. The molecule has 1 aliphatic heterocycles. The van der Waals surface area contributed by atoms with E-state index in [2.05, 4.69) is 0 Å². The average Bonchev–Trinajstić information content (AvgIpc) is 2.66. The molecule has 1 aromatic carbocycles. The summed E-state index contributed by atoms with van der Waals surface area (Å²) in [4.78, 5) is 14.5. The monoisotopic (exact) mass is 309 g/mol. The number of ketones is 1. The molecule has 0 spiro atoms. The van der Waals surface area contributed by atoms with Crippen LogP contribution in [0.25, 0.3) is 5.76 Å². The van der Waals surface area contributed by atoms with Crippen molar-refractivity contribution in [3.8, 4) is 0 Å². The first-order chi connectivity index (χ1) is 11.0. The molecule has 0 aromatic heterocycles. The van der Waals surface area contributed by atoms with Gasteiger partial charge in [-0.1, -0.05) is 5.57 Å². The van der Waals surface area contributed by atoms with Crippen LogP contribution in [0.1, 0.15) is 12.5 Å². The summed E-state index contributed by atoms with van der Waals surface area (Å²) < 4.78 is 5.94. The van der Waals surface area contributed by atoms with Gasteiger partial charge in [-0.05, 0) is 49.4 Å². The fraction of sp³-hybridized carbons (Fsp3) is 0.211. The van der Waals surface area contributed by atoms with Crippen LogP contribution in [0.5, 0.6) is 0 Å². The second-order valence-corrected chi connectivity index (χ2v) is 5.94. The molecule has 4 nitrogen and oxygen atoms in total. The Morgan fingerprint density at radius 3 is 2.43 bits per heavy atom. The Bertz CT molecular complexity index is 764. The molecule has 1 N–H and O–H groups in total. The van der Waals surface area contributed by atoms with Crippen LogP contribution in [0, 0.1) is 5.92 Å². The largest absolute Gasteiger partial charge is 0.508 e. The Balaban J connectivity index is 1.96. The Morgan fingerprint density at radius 1 is 1.09 bits per heavy atom. The van der Waals surface area contributed by atoms with Gasteiger partial charge in [0.2, 0.25) is 0 Å². The zero-order chi connectivity index (χ0) is 16.6. The Hall–Kier alpha value is -2.75. The van der Waals surface area contributed by atoms with Crippen LogP contribution < -0.4 is 4.90 Å². The fourth-order valence-corrected chi connectivity index (χ4v) is 2.75. The molecule has 0 radical (unpaired) electrons. The standard InChI is InChI=1S/C19H19NO3/c1-12-10-15(21)8-9-17-19(12)16(22)11-18(23-17)13-4-6-14(7-5-13)20(2)3/h4-11,19,21H,1-3H3. The molecule has 0 fully saturated rings. The molecule has 1 unspecified atom stereocenters. The number of fused-ring (bicyclic) bond motifs is 1. The van der Waals surface area contributed by atoms with Crippen molar-refractivity contribution in [1.29, 1.82) is 0 Å². The van der Waals surface area contributed by atoms with Crippen molar-refractivity contribution in [3.05, 3.63) is 71.2 Å². The number of ether oxygens (including phenoxy) is 1. The number of hydrogen-bond donors (Lipinski definition) is 1. The molecule has 0 saturated heterocycles. The number of benzene rings is 1. The summed E-state index contributed by atoms with van der Waals surface area (Å²) in [7, 11) is 3.95. The number of aliphatic hydroxyl groups excluding tert-OH is 1. The van der Waals surface area contributed by atoms with Crippen LogP contribution >= 0.6 is 0 Å². The Kier molecular flexibility index (Phi) is 3.82. The molecule has 1 aliphatic carbocycles. The summed E-state index contributed by atoms with van der Waals surface area (Å²) >= 11 is 0. The minimum atomic E-state index is -0.458. The second-order valence-electron chi connectivity index (χ2n) is 5.94. The summed E-state index contributed by atoms with van der Waals surface area (Å²) in [6.45, 7) is 1.82. The number of anilines is 1. The van der Waals surface area contributed by atoms with E-state index >= 15 is 0 Å². The minimum Gasteiger partial charge on any atom is -0.508 e. The van der Waals surface area contributed by atoms with Crippen LogP contribution in [0.2, 0.25) is 0 Å². The highest BCUT2D eigenvalue weighted by atomic mass is 16.5. The van der Waals surface area contributed by atoms with E-state index in [0.29, 0.717) is 11.5 Å². The zero-order valence-corrected chi connectivity index (χ0v) is 13.4. The van der Waals surface area contributed by atoms with Crippen LogP contribution in [0.15, 0.2) is 65.7 Å². The van der Waals surface area contributed by atoms with E-state index in [-0.39, 0.29) is 11.5 Å². The third-order valence-corrected chi connectivity index (χ3v) is 3.99. The number of carbonyl (C=O) groups excluding carboxylic acids is 1. The van der Waals surface area contributed by atoms with E-state index in [9.17, 15) is 9.90 Å². The molecule has 0 saturated carbocycles. The molecule has 4 heteroatoms. The van der Waals surface area contributed by atoms with Gasteiger partial charge in [0, 0.05) is 31.4 Å². The molecular weight excluding hydrogens is 290 g/mol. The Morgan fingerprint density at radius 2 is 1.78 bits per heavy atom. The van der Waals surface area contributed by atoms with Crippen molar-refractivity contribution >= 4 is 17.2 Å². The van der Waals surface area contributed by atoms with E-state index < -0.39 is 5.92 Å². The maximum atomic E-state index is 12.5. The first-order valence-electron chi connectivity index (χ1n) is 7.46. The van der Waals surface area contributed by atoms with Crippen molar-refractivity contribution in [2.45, 2.75) is 6.92 Å². The average molecular weight is 309 g/mol. The summed E-state index contributed by atoms with van der Waals surface area (Å²) in [5.41, 5.74) is 2.70. The lowest BCUT2D eigenvalue weighted by Gasteiger charge is -2.25. The lowest BCUT2D eigenvalue weighted by molar-refractivity contribution is -0.117. The topological polar surface area (TPSA) is 49.8 Å². The number of aliphatic hydroxyl groups is 1. The van der Waals surface area contributed by atoms with E-state index in [1.54, 1.807) is 18.2 Å². The molecule has 1 aromatic rings. The van der Waals surface area contributed by atoms with Crippen LogP contribution in [0.3, 0.4) is 0 Å². The Labute approximate surface area is 135 Å². The van der Waals surface area contributed by atoms with Gasteiger partial charge in [0.25, 0.3) is 0 Å². The zero-order valence-electron chi connectivity index (χ0n) is 13.4. The maximum Gasteiger partial charge on any atom is 0.174 e. The highest BCUT2D eigenvalue weighted by Crippen LogP contribution is 2.35. The smallest absolute Gasteiger partial charge is 0.174 e. The van der Waals surface area contributed by atoms with Gasteiger partial charge in [0.15, 0.2) is 5.78 Å². The predicted molar refractivity (Wildman–Crippen MR) is 90.9 cm³/mol. The number of allylic oxidation sites excluding steroid dienone is 5. The van der Waals surface area contributed by atoms with Crippen LogP contribution in [0.4, 0.5) is 5.69 Å². The summed E-state index contributed by atoms with van der Waals surface area (Å²) in [5.74, 6) is 0.705. The van der Waals surface area contributed by atoms with Gasteiger partial charge in [0.05, 0.1) is 0 Å². The SMILES string of the molecule is CC1=CC(O)=CC=C2OC(c3ccc(N(C)C)cc3)=CC(=O)C12. The van der Waals surface area contributed by atoms with Crippen LogP contribution in [-0.2, 0) is 9.53 Å². The number of hydrogen-bond acceptors (Lipinski definition) is 4. The van der Waals surface area contributed by atoms with Crippen molar-refractivity contribution in [2.24, 2.45) is 5.92 Å². The van der Waals surface area contributed by atoms with Gasteiger partial charge in [-0.15, -0.1) is 0 Å². The first-order valence-corrected chi connectivity index (χ1v) is 7.46. The number of carbonyl (C=O) groups is 1. The second kappa shape index (κ2) is 5.80. The molecule has 3 rings (SSSR count). The first kappa shape index (κ1) is 15.2. The lowest BCUT2D eigenvalue weighted by Crippen LogP contribution is -2.22. The summed E-state index contributed by atoms with van der Waals surface area (Å²) in [6, 6.07) is 7.83. The molecule has 0 bridgehead atoms. The van der Waals surface area contributed by atoms with Crippen molar-refractivity contribution in [3.63, 3.8) is 0 Å². The van der Waals surface area contributed by atoms with Gasteiger partial charge < -0.3 is 14.7 Å². The van der Waals surface area contributed by atoms with Crippen LogP contribution in [-0.4, -0.2) is 25.0 Å². The van der Waals surface area contributed by atoms with E-state index in [0.717, 1.165) is 16.8 Å². The lowest BCUT2D eigenvalue weighted by atomic mass is 9.90. The number of nitrogens with zero attached hydrogens (tertiary/aromatic N) is 1. The fourth-order valence-electron chi connectivity index (χ4n) is 2.75. The molecule has 1 heterocycles.